The van der Waals surface area contributed by atoms with Crippen LogP contribution in [0.4, 0.5) is 0 Å². The van der Waals surface area contributed by atoms with Crippen LogP contribution in [0.15, 0.2) is 23.3 Å². The first kappa shape index (κ1) is 31.2. The zero-order valence-electron chi connectivity index (χ0n) is 25.1. The van der Waals surface area contributed by atoms with Gasteiger partial charge in [0.05, 0.1) is 11.5 Å². The number of fused-ring (bicyclic) bond motifs is 3. The van der Waals surface area contributed by atoms with Crippen LogP contribution in [0.2, 0.25) is 0 Å². The number of hydrogen-bond donors (Lipinski definition) is 4. The van der Waals surface area contributed by atoms with E-state index in [0.717, 1.165) is 32.1 Å². The Hall–Kier alpha value is -1.74. The molecule has 0 aromatic carbocycles. The summed E-state index contributed by atoms with van der Waals surface area (Å²) >= 11 is 0. The van der Waals surface area contributed by atoms with Crippen molar-refractivity contribution in [3.8, 4) is 0 Å². The Labute approximate surface area is 238 Å². The van der Waals surface area contributed by atoms with Gasteiger partial charge in [0, 0.05) is 30.1 Å². The van der Waals surface area contributed by atoms with Crippen molar-refractivity contribution in [2.45, 2.75) is 129 Å². The van der Waals surface area contributed by atoms with Gasteiger partial charge in [-0.25, -0.2) is 0 Å². The molecule has 4 N–H and O–H groups in total. The molecule has 4 aliphatic carbocycles. The average molecular weight is 563 g/mol. The Morgan fingerprint density at radius 2 is 1.57 bits per heavy atom. The van der Waals surface area contributed by atoms with Crippen LogP contribution in [0.1, 0.15) is 99.3 Å². The molecule has 226 valence electrons. The molecule has 0 aliphatic heterocycles. The number of carbonyl (C=O) groups excluding carboxylic acids is 2. The van der Waals surface area contributed by atoms with Gasteiger partial charge in [-0.1, -0.05) is 72.5 Å². The van der Waals surface area contributed by atoms with Crippen molar-refractivity contribution in [3.05, 3.63) is 23.3 Å². The van der Waals surface area contributed by atoms with E-state index in [2.05, 4.69) is 6.92 Å². The summed E-state index contributed by atoms with van der Waals surface area (Å²) in [5.74, 6) is -2.03. The molecule has 0 saturated heterocycles. The third-order valence-electron chi connectivity index (χ3n) is 10.8. The normalized spacial score (nSPS) is 41.0. The first-order valence-corrected chi connectivity index (χ1v) is 15.3. The monoisotopic (exact) mass is 562 g/mol. The van der Waals surface area contributed by atoms with E-state index in [9.17, 15) is 30.0 Å². The first-order chi connectivity index (χ1) is 18.8. The highest BCUT2D eigenvalue weighted by Gasteiger charge is 2.82. The maximum Gasteiger partial charge on any atom is 0.306 e. The highest BCUT2D eigenvalue weighted by atomic mass is 16.6. The van der Waals surface area contributed by atoms with Gasteiger partial charge in [-0.3, -0.25) is 9.59 Å². The Bertz CT molecular complexity index is 1050. The summed E-state index contributed by atoms with van der Waals surface area (Å²) in [5, 5.41) is 47.5. The van der Waals surface area contributed by atoms with Crippen molar-refractivity contribution in [1.82, 2.24) is 0 Å². The SMILES string of the molecule is CCCCCC(=O)OCC1=C[C@@H]2C(O)[C@]3(C=C(C)[C@H](O)[C@@]3(O)[C@@H]1O)[C@H](C)C[C@]1(OC(=O)CCCCC)[C@H]2C1(C)C. The van der Waals surface area contributed by atoms with Crippen molar-refractivity contribution in [1.29, 1.82) is 0 Å². The zero-order valence-corrected chi connectivity index (χ0v) is 25.1. The van der Waals surface area contributed by atoms with Crippen molar-refractivity contribution in [3.63, 3.8) is 0 Å². The van der Waals surface area contributed by atoms with Crippen molar-refractivity contribution < 1.29 is 39.5 Å². The highest BCUT2D eigenvalue weighted by molar-refractivity contribution is 5.71. The number of ether oxygens (including phenoxy) is 2. The number of unbranched alkanes of at least 4 members (excludes halogenated alkanes) is 4. The van der Waals surface area contributed by atoms with Crippen LogP contribution in [0, 0.1) is 28.6 Å². The van der Waals surface area contributed by atoms with Crippen molar-refractivity contribution >= 4 is 11.9 Å². The smallest absolute Gasteiger partial charge is 0.306 e. The molecule has 2 saturated carbocycles. The molecule has 1 unspecified atom stereocenters. The van der Waals surface area contributed by atoms with Gasteiger partial charge in [0.2, 0.25) is 0 Å². The predicted molar refractivity (Wildman–Crippen MR) is 150 cm³/mol. The van der Waals surface area contributed by atoms with E-state index in [1.807, 2.05) is 27.7 Å². The van der Waals surface area contributed by atoms with Crippen molar-refractivity contribution in [2.24, 2.45) is 28.6 Å². The van der Waals surface area contributed by atoms with Gasteiger partial charge in [0.15, 0.2) is 0 Å². The predicted octanol–water partition coefficient (Wildman–Crippen LogP) is 3.98. The van der Waals surface area contributed by atoms with Gasteiger partial charge in [-0.05, 0) is 43.3 Å². The number of carbonyl (C=O) groups is 2. The van der Waals surface area contributed by atoms with E-state index < -0.39 is 58.1 Å². The molecule has 0 aromatic rings. The summed E-state index contributed by atoms with van der Waals surface area (Å²) in [6.07, 6.45) is 5.46. The molecule has 2 bridgehead atoms. The second kappa shape index (κ2) is 11.2. The molecule has 0 heterocycles. The summed E-state index contributed by atoms with van der Waals surface area (Å²) < 4.78 is 11.9. The fourth-order valence-corrected chi connectivity index (χ4v) is 8.55. The van der Waals surface area contributed by atoms with E-state index >= 15 is 0 Å². The van der Waals surface area contributed by atoms with E-state index in [4.69, 9.17) is 9.47 Å². The third kappa shape index (κ3) is 4.48. The Morgan fingerprint density at radius 1 is 0.975 bits per heavy atom. The molecule has 4 aliphatic rings. The maximum absolute atomic E-state index is 13.1. The number of aliphatic hydroxyl groups excluding tert-OH is 3. The molecule has 9 atom stereocenters. The molecule has 40 heavy (non-hydrogen) atoms. The molecule has 8 heteroatoms. The van der Waals surface area contributed by atoms with Crippen molar-refractivity contribution in [2.75, 3.05) is 6.61 Å². The third-order valence-corrected chi connectivity index (χ3v) is 10.8. The van der Waals surface area contributed by atoms with E-state index in [1.165, 1.54) is 0 Å². The molecule has 0 amide bonds. The highest BCUT2D eigenvalue weighted by Crippen LogP contribution is 2.76. The number of aliphatic hydroxyl groups is 4. The van der Waals surface area contributed by atoms with Crippen LogP contribution in [0.5, 0.6) is 0 Å². The maximum atomic E-state index is 13.1. The summed E-state index contributed by atoms with van der Waals surface area (Å²) in [7, 11) is 0. The molecule has 4 rings (SSSR count). The average Bonchev–Trinajstić information content (AvgIpc) is 3.31. The number of hydrogen-bond acceptors (Lipinski definition) is 8. The zero-order chi connectivity index (χ0) is 29.7. The Balaban J connectivity index is 1.75. The lowest BCUT2D eigenvalue weighted by molar-refractivity contribution is -0.217. The van der Waals surface area contributed by atoms with Gasteiger partial charge in [0.1, 0.15) is 30.0 Å². The van der Waals surface area contributed by atoms with Crippen LogP contribution >= 0.6 is 0 Å². The molecule has 1 spiro atoms. The minimum atomic E-state index is -2.15. The topological polar surface area (TPSA) is 134 Å². The molecule has 0 aromatic heterocycles. The van der Waals surface area contributed by atoms with Crippen LogP contribution in [-0.4, -0.2) is 68.5 Å². The van der Waals surface area contributed by atoms with Gasteiger partial charge in [-0.15, -0.1) is 0 Å². The van der Waals surface area contributed by atoms with Crippen LogP contribution in [0.25, 0.3) is 0 Å². The minimum Gasteiger partial charge on any atom is -0.461 e. The molecule has 8 nitrogen and oxygen atoms in total. The molecular weight excluding hydrogens is 512 g/mol. The second-order valence-corrected chi connectivity index (χ2v) is 13.5. The van der Waals surface area contributed by atoms with Gasteiger partial charge in [0.25, 0.3) is 0 Å². The summed E-state index contributed by atoms with van der Waals surface area (Å²) in [5.41, 5.74) is -4.20. The Morgan fingerprint density at radius 3 is 2.17 bits per heavy atom. The standard InChI is InChI=1S/C32H50O8/c1-7-9-11-13-23(33)39-18-21-15-22-25-29(5,6)31(25,40-24(34)14-12-10-8-2)17-20(4)30(28(22)37)16-19(3)26(35)32(30,38)27(21)36/h15-16,20,22,25-28,35-38H,7-14,17-18H2,1-6H3/t20-,22+,25-,26+,27-,28?,30+,31+,32-/m1/s1. The lowest BCUT2D eigenvalue weighted by Crippen LogP contribution is -2.66. The number of rotatable bonds is 11. The fraction of sp³-hybridized carbons (Fsp3) is 0.812. The quantitative estimate of drug-likeness (QED) is 0.169. The summed E-state index contributed by atoms with van der Waals surface area (Å²) in [6, 6.07) is 0. The first-order valence-electron chi connectivity index (χ1n) is 15.3. The number of esters is 2. The van der Waals surface area contributed by atoms with E-state index in [0.29, 0.717) is 24.8 Å². The van der Waals surface area contributed by atoms with E-state index in [1.54, 1.807) is 19.1 Å². The second-order valence-electron chi connectivity index (χ2n) is 13.5. The molecule has 0 radical (unpaired) electrons. The van der Waals surface area contributed by atoms with Crippen LogP contribution in [0.3, 0.4) is 0 Å². The fourth-order valence-electron chi connectivity index (χ4n) is 8.55. The van der Waals surface area contributed by atoms with Crippen LogP contribution in [-0.2, 0) is 19.1 Å². The molecule has 2 fully saturated rings. The van der Waals surface area contributed by atoms with Gasteiger partial charge in [-0.2, -0.15) is 0 Å². The summed E-state index contributed by atoms with van der Waals surface area (Å²) in [6.45, 7) is 11.5. The van der Waals surface area contributed by atoms with Gasteiger partial charge < -0.3 is 29.9 Å². The lowest BCUT2D eigenvalue weighted by Gasteiger charge is -2.51. The summed E-state index contributed by atoms with van der Waals surface area (Å²) in [4.78, 5) is 25.5. The largest absolute Gasteiger partial charge is 0.461 e. The minimum absolute atomic E-state index is 0.249. The molecular formula is C32H50O8. The lowest BCUT2D eigenvalue weighted by atomic mass is 9.58. The van der Waals surface area contributed by atoms with E-state index in [-0.39, 0.29) is 30.5 Å². The van der Waals surface area contributed by atoms with Gasteiger partial charge >= 0.3 is 11.9 Å². The Kier molecular flexibility index (Phi) is 8.70. The van der Waals surface area contributed by atoms with Crippen LogP contribution < -0.4 is 0 Å².